The van der Waals surface area contributed by atoms with Crippen LogP contribution in [0.5, 0.6) is 5.75 Å². The third-order valence-corrected chi connectivity index (χ3v) is 6.67. The molecular weight excluding hydrogens is 404 g/mol. The summed E-state index contributed by atoms with van der Waals surface area (Å²) in [5.74, 6) is 1.19. The first kappa shape index (κ1) is 20.4. The molecule has 2 aromatic carbocycles. The number of furan rings is 1. The minimum Gasteiger partial charge on any atom is -0.490 e. The number of nitrogens with zero attached hydrogens (tertiary/aromatic N) is 1. The van der Waals surface area contributed by atoms with Gasteiger partial charge in [-0.15, -0.1) is 0 Å². The number of sulfonamides is 1. The number of benzene rings is 2. The Morgan fingerprint density at radius 1 is 1.20 bits per heavy atom. The van der Waals surface area contributed by atoms with Gasteiger partial charge in [-0.2, -0.15) is 0 Å². The van der Waals surface area contributed by atoms with Crippen LogP contribution in [0.25, 0.3) is 11.0 Å². The van der Waals surface area contributed by atoms with E-state index in [1.807, 2.05) is 31.2 Å². The van der Waals surface area contributed by atoms with Crippen LogP contribution < -0.4 is 14.4 Å². The summed E-state index contributed by atoms with van der Waals surface area (Å²) in [5, 5.41) is 0.849. The summed E-state index contributed by atoms with van der Waals surface area (Å²) in [7, 11) is -3.76. The van der Waals surface area contributed by atoms with Crippen LogP contribution in [-0.2, 0) is 14.8 Å². The fourth-order valence-corrected chi connectivity index (χ4v) is 4.84. The van der Waals surface area contributed by atoms with Crippen LogP contribution in [0.2, 0.25) is 0 Å². The Hall–Kier alpha value is -2.84. The van der Waals surface area contributed by atoms with Crippen molar-refractivity contribution in [3.8, 4) is 5.75 Å². The molecule has 1 amide bonds. The number of amides is 1. The van der Waals surface area contributed by atoms with E-state index >= 15 is 0 Å². The molecule has 1 fully saturated rings. The second-order valence-corrected chi connectivity index (χ2v) is 8.96. The monoisotopic (exact) mass is 428 g/mol. The maximum Gasteiger partial charge on any atom is 0.241 e. The third kappa shape index (κ3) is 3.93. The molecule has 8 heteroatoms. The smallest absolute Gasteiger partial charge is 0.241 e. The first-order valence-corrected chi connectivity index (χ1v) is 11.5. The molecule has 4 rings (SSSR count). The molecule has 1 atom stereocenters. The highest BCUT2D eigenvalue weighted by Crippen LogP contribution is 2.32. The van der Waals surface area contributed by atoms with Gasteiger partial charge in [0, 0.05) is 24.0 Å². The van der Waals surface area contributed by atoms with Crippen molar-refractivity contribution in [2.75, 3.05) is 18.1 Å². The minimum absolute atomic E-state index is 0.0636. The number of fused-ring (bicyclic) bond motifs is 1. The molecule has 2 heterocycles. The van der Waals surface area contributed by atoms with E-state index in [9.17, 15) is 13.2 Å². The summed E-state index contributed by atoms with van der Waals surface area (Å²) in [4.78, 5) is 13.7. The van der Waals surface area contributed by atoms with Gasteiger partial charge in [-0.3, -0.25) is 4.79 Å². The number of carbonyl (C=O) groups excluding carboxylic acids is 1. The summed E-state index contributed by atoms with van der Waals surface area (Å²) in [6, 6.07) is 13.2. The Kier molecular flexibility index (Phi) is 5.53. The molecule has 7 nitrogen and oxygen atoms in total. The van der Waals surface area contributed by atoms with Crippen molar-refractivity contribution < 1.29 is 22.4 Å². The van der Waals surface area contributed by atoms with Crippen LogP contribution >= 0.6 is 0 Å². The van der Waals surface area contributed by atoms with Gasteiger partial charge in [0.2, 0.25) is 15.9 Å². The minimum atomic E-state index is -3.76. The van der Waals surface area contributed by atoms with E-state index in [0.717, 1.165) is 11.8 Å². The van der Waals surface area contributed by atoms with Crippen LogP contribution in [0.3, 0.4) is 0 Å². The van der Waals surface area contributed by atoms with Gasteiger partial charge in [0.25, 0.3) is 0 Å². The lowest BCUT2D eigenvalue weighted by molar-refractivity contribution is -0.117. The van der Waals surface area contributed by atoms with Crippen LogP contribution in [0.1, 0.15) is 38.5 Å². The fraction of sp³-hybridized carbons (Fsp3) is 0.318. The predicted molar refractivity (Wildman–Crippen MR) is 114 cm³/mol. The van der Waals surface area contributed by atoms with Crippen molar-refractivity contribution in [2.45, 2.75) is 37.6 Å². The quantitative estimate of drug-likeness (QED) is 0.614. The summed E-state index contributed by atoms with van der Waals surface area (Å²) < 4.78 is 39.8. The molecule has 1 saturated heterocycles. The van der Waals surface area contributed by atoms with E-state index in [-0.39, 0.29) is 10.8 Å². The highest BCUT2D eigenvalue weighted by Gasteiger charge is 2.24. The first-order chi connectivity index (χ1) is 14.4. The van der Waals surface area contributed by atoms with Crippen LogP contribution in [0.4, 0.5) is 5.69 Å². The SMILES string of the molecule is CCOc1cccc2cc([C@@H](C)NS(=O)(=O)c3ccc(N4CCCC4=O)cc3)oc12. The van der Waals surface area contributed by atoms with Crippen molar-refractivity contribution in [3.63, 3.8) is 0 Å². The first-order valence-electron chi connectivity index (χ1n) is 9.97. The van der Waals surface area contributed by atoms with Crippen LogP contribution in [-0.4, -0.2) is 27.5 Å². The van der Waals surface area contributed by atoms with E-state index in [2.05, 4.69) is 4.72 Å². The topological polar surface area (TPSA) is 88.9 Å². The molecule has 1 N–H and O–H groups in total. The second-order valence-electron chi connectivity index (χ2n) is 7.24. The summed E-state index contributed by atoms with van der Waals surface area (Å²) in [6.45, 7) is 4.80. The molecule has 158 valence electrons. The number of hydrogen-bond donors (Lipinski definition) is 1. The normalized spacial score (nSPS) is 15.7. The number of ether oxygens (including phenoxy) is 1. The standard InChI is InChI=1S/C22H24N2O5S/c1-3-28-19-7-4-6-16-14-20(29-22(16)19)15(2)23-30(26,27)18-11-9-17(10-12-18)24-13-5-8-21(24)25/h4,6-7,9-12,14-15,23H,3,5,8,13H2,1-2H3/t15-/m1/s1. The molecule has 0 unspecified atom stereocenters. The number of nitrogens with one attached hydrogen (secondary N) is 1. The molecule has 1 aliphatic rings. The van der Waals surface area contributed by atoms with Gasteiger partial charge in [0.1, 0.15) is 5.76 Å². The largest absolute Gasteiger partial charge is 0.490 e. The number of anilines is 1. The maximum absolute atomic E-state index is 12.8. The van der Waals surface area contributed by atoms with E-state index in [4.69, 9.17) is 9.15 Å². The average Bonchev–Trinajstić information content (AvgIpc) is 3.35. The molecule has 0 radical (unpaired) electrons. The molecular formula is C22H24N2O5S. The number of rotatable bonds is 7. The molecule has 1 aliphatic heterocycles. The van der Waals surface area contributed by atoms with Gasteiger partial charge in [0.05, 0.1) is 17.5 Å². The Labute approximate surface area is 175 Å². The predicted octanol–water partition coefficient (Wildman–Crippen LogP) is 4.00. The molecule has 3 aromatic rings. The Bertz CT molecular complexity index is 1170. The van der Waals surface area contributed by atoms with Crippen LogP contribution in [0, 0.1) is 0 Å². The van der Waals surface area contributed by atoms with E-state index in [1.54, 1.807) is 24.0 Å². The lowest BCUT2D eigenvalue weighted by atomic mass is 10.2. The van der Waals surface area contributed by atoms with Crippen molar-refractivity contribution >= 4 is 32.6 Å². The van der Waals surface area contributed by atoms with E-state index in [1.165, 1.54) is 12.1 Å². The number of carbonyl (C=O) groups is 1. The fourth-order valence-electron chi connectivity index (χ4n) is 3.62. The second kappa shape index (κ2) is 8.12. The number of para-hydroxylation sites is 1. The van der Waals surface area contributed by atoms with E-state index in [0.29, 0.717) is 42.4 Å². The van der Waals surface area contributed by atoms with Crippen molar-refractivity contribution in [1.82, 2.24) is 4.72 Å². The Balaban J connectivity index is 1.53. The lowest BCUT2D eigenvalue weighted by Gasteiger charge is -2.16. The Morgan fingerprint density at radius 3 is 2.63 bits per heavy atom. The van der Waals surface area contributed by atoms with Gasteiger partial charge < -0.3 is 14.1 Å². The average molecular weight is 429 g/mol. The van der Waals surface area contributed by atoms with Gasteiger partial charge in [0.15, 0.2) is 11.3 Å². The molecule has 0 saturated carbocycles. The van der Waals surface area contributed by atoms with Gasteiger partial charge in [-0.25, -0.2) is 13.1 Å². The zero-order chi connectivity index (χ0) is 21.3. The zero-order valence-electron chi connectivity index (χ0n) is 16.9. The Morgan fingerprint density at radius 2 is 1.97 bits per heavy atom. The van der Waals surface area contributed by atoms with Crippen LogP contribution in [0.15, 0.2) is 57.8 Å². The lowest BCUT2D eigenvalue weighted by Crippen LogP contribution is -2.27. The highest BCUT2D eigenvalue weighted by molar-refractivity contribution is 7.89. The summed E-state index contributed by atoms with van der Waals surface area (Å²) >= 11 is 0. The third-order valence-electron chi connectivity index (χ3n) is 5.12. The number of hydrogen-bond acceptors (Lipinski definition) is 5. The summed E-state index contributed by atoms with van der Waals surface area (Å²) in [6.07, 6.45) is 1.35. The van der Waals surface area contributed by atoms with E-state index < -0.39 is 16.1 Å². The van der Waals surface area contributed by atoms with Crippen molar-refractivity contribution in [3.05, 3.63) is 54.3 Å². The maximum atomic E-state index is 12.8. The molecule has 0 spiro atoms. The van der Waals surface area contributed by atoms with Gasteiger partial charge in [-0.1, -0.05) is 12.1 Å². The summed E-state index contributed by atoms with van der Waals surface area (Å²) in [5.41, 5.74) is 1.31. The molecule has 0 aliphatic carbocycles. The molecule has 0 bridgehead atoms. The van der Waals surface area contributed by atoms with Gasteiger partial charge >= 0.3 is 0 Å². The van der Waals surface area contributed by atoms with Crippen molar-refractivity contribution in [1.29, 1.82) is 0 Å². The molecule has 1 aromatic heterocycles. The highest BCUT2D eigenvalue weighted by atomic mass is 32.2. The van der Waals surface area contributed by atoms with Gasteiger partial charge in [-0.05, 0) is 56.7 Å². The molecule has 30 heavy (non-hydrogen) atoms. The van der Waals surface area contributed by atoms with Crippen molar-refractivity contribution in [2.24, 2.45) is 0 Å². The zero-order valence-corrected chi connectivity index (χ0v) is 17.7.